The van der Waals surface area contributed by atoms with Gasteiger partial charge in [0.15, 0.2) is 0 Å². The Morgan fingerprint density at radius 3 is 2.64 bits per heavy atom. The second-order valence-corrected chi connectivity index (χ2v) is 6.69. The number of carbonyl (C=O) groups excluding carboxylic acids is 1. The predicted molar refractivity (Wildman–Crippen MR) is 92.7 cm³/mol. The molecule has 0 radical (unpaired) electrons. The summed E-state index contributed by atoms with van der Waals surface area (Å²) < 4.78 is 13.0. The molecule has 1 aliphatic heterocycles. The van der Waals surface area contributed by atoms with Crippen LogP contribution in [0.5, 0.6) is 0 Å². The fourth-order valence-corrected chi connectivity index (χ4v) is 3.64. The van der Waals surface area contributed by atoms with Crippen LogP contribution in [0.3, 0.4) is 0 Å². The van der Waals surface area contributed by atoms with Gasteiger partial charge in [-0.05, 0) is 43.4 Å². The smallest absolute Gasteiger partial charge is 0.242 e. The van der Waals surface area contributed by atoms with Crippen molar-refractivity contribution < 1.29 is 9.18 Å². The van der Waals surface area contributed by atoms with Crippen molar-refractivity contribution in [2.45, 2.75) is 32.2 Å². The molecule has 4 rings (SSSR count). The first-order valence-corrected chi connectivity index (χ1v) is 8.80. The van der Waals surface area contributed by atoms with Crippen molar-refractivity contribution in [1.82, 2.24) is 14.9 Å². The predicted octanol–water partition coefficient (Wildman–Crippen LogP) is 2.34. The molecule has 1 amide bonds. The Kier molecular flexibility index (Phi) is 4.34. The van der Waals surface area contributed by atoms with E-state index in [9.17, 15) is 9.18 Å². The summed E-state index contributed by atoms with van der Waals surface area (Å²) in [5.41, 5.74) is 3.30. The van der Waals surface area contributed by atoms with Crippen molar-refractivity contribution in [3.63, 3.8) is 0 Å². The average Bonchev–Trinajstić information content (AvgIpc) is 2.65. The van der Waals surface area contributed by atoms with Gasteiger partial charge in [-0.1, -0.05) is 12.1 Å². The highest BCUT2D eigenvalue weighted by molar-refractivity contribution is 5.82. The summed E-state index contributed by atoms with van der Waals surface area (Å²) >= 11 is 0. The molecule has 1 saturated heterocycles. The standard InChI is InChI=1S/C19H21FN4O/c20-15-7-5-14(6-8-15)11-23-9-10-24(12-18(23)25)19-16-3-1-2-4-17(16)21-13-22-19/h5-8,13H,1-4,9-12H2. The number of piperazine rings is 1. The van der Waals surface area contributed by atoms with Crippen LogP contribution in [0.1, 0.15) is 29.7 Å². The Morgan fingerprint density at radius 2 is 1.84 bits per heavy atom. The Hall–Kier alpha value is -2.50. The maximum Gasteiger partial charge on any atom is 0.242 e. The molecule has 6 heteroatoms. The number of hydrogen-bond donors (Lipinski definition) is 0. The van der Waals surface area contributed by atoms with E-state index >= 15 is 0 Å². The summed E-state index contributed by atoms with van der Waals surface area (Å²) in [5.74, 6) is 0.756. The van der Waals surface area contributed by atoms with E-state index in [4.69, 9.17) is 0 Å². The number of hydrogen-bond acceptors (Lipinski definition) is 4. The average molecular weight is 340 g/mol. The molecule has 25 heavy (non-hydrogen) atoms. The molecule has 0 N–H and O–H groups in total. The SMILES string of the molecule is O=C1CN(c2ncnc3c2CCCC3)CCN1Cc1ccc(F)cc1. The monoisotopic (exact) mass is 340 g/mol. The maximum atomic E-state index is 13.0. The van der Waals surface area contributed by atoms with Gasteiger partial charge in [-0.15, -0.1) is 0 Å². The third kappa shape index (κ3) is 3.34. The first kappa shape index (κ1) is 16.0. The van der Waals surface area contributed by atoms with Crippen molar-refractivity contribution in [1.29, 1.82) is 0 Å². The molecule has 0 unspecified atom stereocenters. The van der Waals surface area contributed by atoms with Gasteiger partial charge in [0.1, 0.15) is 18.0 Å². The third-order valence-electron chi connectivity index (χ3n) is 5.01. The Bertz CT molecular complexity index is 777. The fourth-order valence-electron chi connectivity index (χ4n) is 3.64. The normalized spacial score (nSPS) is 17.6. The zero-order chi connectivity index (χ0) is 17.2. The van der Waals surface area contributed by atoms with Crippen molar-refractivity contribution in [2.24, 2.45) is 0 Å². The number of halogens is 1. The van der Waals surface area contributed by atoms with E-state index in [1.165, 1.54) is 24.1 Å². The summed E-state index contributed by atoms with van der Waals surface area (Å²) in [7, 11) is 0. The van der Waals surface area contributed by atoms with Crippen LogP contribution in [0, 0.1) is 5.82 Å². The van der Waals surface area contributed by atoms with E-state index in [0.717, 1.165) is 42.9 Å². The molecule has 1 aromatic carbocycles. The van der Waals surface area contributed by atoms with Crippen LogP contribution in [-0.4, -0.2) is 40.4 Å². The largest absolute Gasteiger partial charge is 0.345 e. The lowest BCUT2D eigenvalue weighted by molar-refractivity contribution is -0.131. The molecular weight excluding hydrogens is 319 g/mol. The highest BCUT2D eigenvalue weighted by atomic mass is 19.1. The summed E-state index contributed by atoms with van der Waals surface area (Å²) in [6, 6.07) is 6.33. The fraction of sp³-hybridized carbons (Fsp3) is 0.421. The highest BCUT2D eigenvalue weighted by Crippen LogP contribution is 2.28. The second-order valence-electron chi connectivity index (χ2n) is 6.69. The molecule has 0 bridgehead atoms. The van der Waals surface area contributed by atoms with Crippen LogP contribution in [0.15, 0.2) is 30.6 Å². The van der Waals surface area contributed by atoms with E-state index in [1.54, 1.807) is 18.5 Å². The van der Waals surface area contributed by atoms with E-state index in [0.29, 0.717) is 19.6 Å². The molecule has 0 atom stereocenters. The molecule has 2 aliphatic rings. The molecule has 0 saturated carbocycles. The molecular formula is C19H21FN4O. The van der Waals surface area contributed by atoms with Gasteiger partial charge in [-0.25, -0.2) is 14.4 Å². The summed E-state index contributed by atoms with van der Waals surface area (Å²) in [5, 5.41) is 0. The summed E-state index contributed by atoms with van der Waals surface area (Å²) in [6.07, 6.45) is 5.95. The number of fused-ring (bicyclic) bond motifs is 1. The van der Waals surface area contributed by atoms with Crippen LogP contribution >= 0.6 is 0 Å². The van der Waals surface area contributed by atoms with E-state index in [1.807, 2.05) is 4.90 Å². The number of aromatic nitrogens is 2. The Labute approximate surface area is 146 Å². The number of carbonyl (C=O) groups is 1. The molecule has 130 valence electrons. The molecule has 1 fully saturated rings. The van der Waals surface area contributed by atoms with E-state index < -0.39 is 0 Å². The molecule has 5 nitrogen and oxygen atoms in total. The second kappa shape index (κ2) is 6.78. The number of rotatable bonds is 3. The van der Waals surface area contributed by atoms with Gasteiger partial charge in [0.25, 0.3) is 0 Å². The van der Waals surface area contributed by atoms with Gasteiger partial charge in [0, 0.05) is 30.9 Å². The van der Waals surface area contributed by atoms with E-state index in [-0.39, 0.29) is 11.7 Å². The minimum atomic E-state index is -0.256. The third-order valence-corrected chi connectivity index (χ3v) is 5.01. The van der Waals surface area contributed by atoms with Gasteiger partial charge in [-0.3, -0.25) is 4.79 Å². The zero-order valence-corrected chi connectivity index (χ0v) is 14.1. The number of benzene rings is 1. The topological polar surface area (TPSA) is 49.3 Å². The molecule has 0 spiro atoms. The number of nitrogens with zero attached hydrogens (tertiary/aromatic N) is 4. The summed E-state index contributed by atoms with van der Waals surface area (Å²) in [6.45, 7) is 2.27. The van der Waals surface area contributed by atoms with Crippen LogP contribution in [0.25, 0.3) is 0 Å². The minimum Gasteiger partial charge on any atom is -0.345 e. The van der Waals surface area contributed by atoms with Crippen LogP contribution in [-0.2, 0) is 24.2 Å². The maximum absolute atomic E-state index is 13.0. The quantitative estimate of drug-likeness (QED) is 0.861. The molecule has 2 heterocycles. The van der Waals surface area contributed by atoms with Gasteiger partial charge >= 0.3 is 0 Å². The first-order chi connectivity index (χ1) is 12.2. The van der Waals surface area contributed by atoms with Crippen LogP contribution < -0.4 is 4.90 Å². The Balaban J connectivity index is 1.47. The first-order valence-electron chi connectivity index (χ1n) is 8.80. The van der Waals surface area contributed by atoms with Crippen LogP contribution in [0.2, 0.25) is 0 Å². The van der Waals surface area contributed by atoms with Gasteiger partial charge in [0.05, 0.1) is 6.54 Å². The van der Waals surface area contributed by atoms with Crippen molar-refractivity contribution in [3.05, 3.63) is 53.2 Å². The highest BCUT2D eigenvalue weighted by Gasteiger charge is 2.27. The zero-order valence-electron chi connectivity index (χ0n) is 14.1. The lowest BCUT2D eigenvalue weighted by atomic mass is 9.96. The lowest BCUT2D eigenvalue weighted by Crippen LogP contribution is -2.50. The van der Waals surface area contributed by atoms with Crippen molar-refractivity contribution in [2.75, 3.05) is 24.5 Å². The Morgan fingerprint density at radius 1 is 1.04 bits per heavy atom. The van der Waals surface area contributed by atoms with Gasteiger partial charge < -0.3 is 9.80 Å². The van der Waals surface area contributed by atoms with E-state index in [2.05, 4.69) is 14.9 Å². The van der Waals surface area contributed by atoms with Crippen LogP contribution in [0.4, 0.5) is 10.2 Å². The molecule has 1 aromatic heterocycles. The minimum absolute atomic E-state index is 0.0822. The molecule has 2 aromatic rings. The number of aryl methyl sites for hydroxylation is 1. The summed E-state index contributed by atoms with van der Waals surface area (Å²) in [4.78, 5) is 25.4. The lowest BCUT2D eigenvalue weighted by Gasteiger charge is -2.36. The number of amides is 1. The number of anilines is 1. The molecule has 1 aliphatic carbocycles. The van der Waals surface area contributed by atoms with Gasteiger partial charge in [-0.2, -0.15) is 0 Å². The van der Waals surface area contributed by atoms with Gasteiger partial charge in [0.2, 0.25) is 5.91 Å². The van der Waals surface area contributed by atoms with Crippen molar-refractivity contribution >= 4 is 11.7 Å². The van der Waals surface area contributed by atoms with Crippen molar-refractivity contribution in [3.8, 4) is 0 Å².